The minimum atomic E-state index is -0.119. The number of nitrogens with one attached hydrogen (secondary N) is 2. The third-order valence-corrected chi connectivity index (χ3v) is 3.97. The van der Waals surface area contributed by atoms with Gasteiger partial charge in [0, 0.05) is 35.8 Å². The van der Waals surface area contributed by atoms with E-state index in [2.05, 4.69) is 10.6 Å². The van der Waals surface area contributed by atoms with Crippen molar-refractivity contribution in [1.82, 2.24) is 10.2 Å². The minimum absolute atomic E-state index is 0. The lowest BCUT2D eigenvalue weighted by molar-refractivity contribution is -0.115. The van der Waals surface area contributed by atoms with Crippen molar-refractivity contribution in [3.8, 4) is 0 Å². The maximum atomic E-state index is 12.4. The number of rotatable bonds is 4. The second-order valence-electron chi connectivity index (χ2n) is 4.56. The quantitative estimate of drug-likeness (QED) is 0.878. The van der Waals surface area contributed by atoms with E-state index < -0.39 is 0 Å². The van der Waals surface area contributed by atoms with Gasteiger partial charge in [-0.2, -0.15) is 11.8 Å². The molecule has 1 saturated heterocycles. The number of thioether (sulfide) groups is 1. The zero-order valence-corrected chi connectivity index (χ0v) is 13.6. The molecular weight excluding hydrogens is 310 g/mol. The van der Waals surface area contributed by atoms with Crippen molar-refractivity contribution in [3.63, 3.8) is 0 Å². The molecule has 0 aromatic heterocycles. The Morgan fingerprint density at radius 1 is 1.29 bits per heavy atom. The highest BCUT2D eigenvalue weighted by atomic mass is 35.5. The maximum Gasteiger partial charge on any atom is 0.253 e. The van der Waals surface area contributed by atoms with Gasteiger partial charge < -0.3 is 15.5 Å². The summed E-state index contributed by atoms with van der Waals surface area (Å²) < 4.78 is 0. The number of hydrogen-bond acceptors (Lipinski definition) is 4. The Morgan fingerprint density at radius 3 is 2.67 bits per heavy atom. The molecule has 1 fully saturated rings. The van der Waals surface area contributed by atoms with Crippen molar-refractivity contribution in [2.24, 2.45) is 0 Å². The lowest BCUT2D eigenvalue weighted by Gasteiger charge is -2.26. The van der Waals surface area contributed by atoms with Crippen LogP contribution in [0.25, 0.3) is 0 Å². The van der Waals surface area contributed by atoms with Gasteiger partial charge in [-0.1, -0.05) is 6.07 Å². The van der Waals surface area contributed by atoms with Crippen LogP contribution in [0.4, 0.5) is 5.69 Å². The molecule has 1 aliphatic rings. The van der Waals surface area contributed by atoms with E-state index in [0.29, 0.717) is 11.3 Å². The molecule has 21 heavy (non-hydrogen) atoms. The SMILES string of the molecule is CNCC(=O)Nc1cccc(C(=O)N2CCSCC2)c1.Cl. The van der Waals surface area contributed by atoms with E-state index >= 15 is 0 Å². The molecule has 0 unspecified atom stereocenters. The van der Waals surface area contributed by atoms with E-state index in [0.717, 1.165) is 24.6 Å². The lowest BCUT2D eigenvalue weighted by atomic mass is 10.1. The normalized spacial score (nSPS) is 14.2. The number of likely N-dealkylation sites (N-methyl/N-ethyl adjacent to an activating group) is 1. The second-order valence-corrected chi connectivity index (χ2v) is 5.79. The summed E-state index contributed by atoms with van der Waals surface area (Å²) in [7, 11) is 1.72. The zero-order valence-electron chi connectivity index (χ0n) is 11.9. The first-order chi connectivity index (χ1) is 9.70. The number of benzene rings is 1. The van der Waals surface area contributed by atoms with Gasteiger partial charge in [0.15, 0.2) is 0 Å². The molecule has 0 aliphatic carbocycles. The maximum absolute atomic E-state index is 12.4. The van der Waals surface area contributed by atoms with Crippen molar-refractivity contribution in [2.45, 2.75) is 0 Å². The van der Waals surface area contributed by atoms with E-state index in [1.54, 1.807) is 31.3 Å². The van der Waals surface area contributed by atoms with Crippen LogP contribution < -0.4 is 10.6 Å². The average Bonchev–Trinajstić information content (AvgIpc) is 2.48. The number of carbonyl (C=O) groups excluding carboxylic acids is 2. The molecule has 1 aromatic rings. The van der Waals surface area contributed by atoms with Crippen LogP contribution in [0.1, 0.15) is 10.4 Å². The van der Waals surface area contributed by atoms with Crippen molar-refractivity contribution >= 4 is 41.7 Å². The van der Waals surface area contributed by atoms with Crippen LogP contribution in [-0.2, 0) is 4.79 Å². The largest absolute Gasteiger partial charge is 0.337 e. The van der Waals surface area contributed by atoms with Crippen molar-refractivity contribution in [3.05, 3.63) is 29.8 Å². The van der Waals surface area contributed by atoms with Gasteiger partial charge in [-0.05, 0) is 25.2 Å². The second kappa shape index (κ2) is 8.92. The van der Waals surface area contributed by atoms with Crippen LogP contribution in [0.15, 0.2) is 24.3 Å². The molecule has 0 bridgehead atoms. The Labute approximate surface area is 135 Å². The third kappa shape index (κ3) is 5.22. The molecular formula is C14H20ClN3O2S. The molecule has 0 atom stereocenters. The van der Waals surface area contributed by atoms with Crippen LogP contribution in [-0.4, -0.2) is 54.9 Å². The van der Waals surface area contributed by atoms with Gasteiger partial charge in [-0.15, -0.1) is 12.4 Å². The fraction of sp³-hybridized carbons (Fsp3) is 0.429. The standard InChI is InChI=1S/C14H19N3O2S.ClH/c1-15-10-13(18)16-12-4-2-3-11(9-12)14(19)17-5-7-20-8-6-17;/h2-4,9,15H,5-8,10H2,1H3,(H,16,18);1H. The predicted octanol–water partition coefficient (Wildman–Crippen LogP) is 1.46. The highest BCUT2D eigenvalue weighted by molar-refractivity contribution is 7.99. The summed E-state index contributed by atoms with van der Waals surface area (Å²) in [5.74, 6) is 1.90. The summed E-state index contributed by atoms with van der Waals surface area (Å²) in [6.07, 6.45) is 0. The first-order valence-electron chi connectivity index (χ1n) is 6.62. The van der Waals surface area contributed by atoms with Crippen molar-refractivity contribution < 1.29 is 9.59 Å². The van der Waals surface area contributed by atoms with E-state index in [9.17, 15) is 9.59 Å². The Morgan fingerprint density at radius 2 is 2.00 bits per heavy atom. The Hall–Kier alpha value is -1.24. The van der Waals surface area contributed by atoms with Gasteiger partial charge in [0.25, 0.3) is 5.91 Å². The number of anilines is 1. The van der Waals surface area contributed by atoms with Gasteiger partial charge in [0.05, 0.1) is 6.54 Å². The number of halogens is 1. The Balaban J connectivity index is 0.00000220. The summed E-state index contributed by atoms with van der Waals surface area (Å²) >= 11 is 1.87. The van der Waals surface area contributed by atoms with Crippen LogP contribution in [0.3, 0.4) is 0 Å². The molecule has 2 rings (SSSR count). The van der Waals surface area contributed by atoms with Gasteiger partial charge in [0.2, 0.25) is 5.91 Å². The molecule has 0 saturated carbocycles. The monoisotopic (exact) mass is 329 g/mol. The van der Waals surface area contributed by atoms with Crippen molar-refractivity contribution in [1.29, 1.82) is 0 Å². The molecule has 1 heterocycles. The number of carbonyl (C=O) groups is 2. The molecule has 2 N–H and O–H groups in total. The molecule has 0 spiro atoms. The molecule has 0 radical (unpaired) electrons. The van der Waals surface area contributed by atoms with Gasteiger partial charge in [0.1, 0.15) is 0 Å². The minimum Gasteiger partial charge on any atom is -0.337 e. The molecule has 5 nitrogen and oxygen atoms in total. The molecule has 116 valence electrons. The Bertz CT molecular complexity index is 493. The molecule has 1 aromatic carbocycles. The van der Waals surface area contributed by atoms with E-state index in [1.807, 2.05) is 16.7 Å². The molecule has 2 amide bonds. The lowest BCUT2D eigenvalue weighted by Crippen LogP contribution is -2.37. The van der Waals surface area contributed by atoms with Gasteiger partial charge in [-0.25, -0.2) is 0 Å². The Kier molecular flexibility index (Phi) is 7.56. The van der Waals surface area contributed by atoms with E-state index in [4.69, 9.17) is 0 Å². The fourth-order valence-corrected chi connectivity index (χ4v) is 2.95. The number of hydrogen-bond donors (Lipinski definition) is 2. The van der Waals surface area contributed by atoms with E-state index in [-0.39, 0.29) is 30.8 Å². The van der Waals surface area contributed by atoms with Crippen LogP contribution in [0, 0.1) is 0 Å². The highest BCUT2D eigenvalue weighted by Gasteiger charge is 2.18. The first kappa shape index (κ1) is 17.8. The van der Waals surface area contributed by atoms with E-state index in [1.165, 1.54) is 0 Å². The summed E-state index contributed by atoms with van der Waals surface area (Å²) in [6, 6.07) is 7.10. The fourth-order valence-electron chi connectivity index (χ4n) is 2.04. The van der Waals surface area contributed by atoms with Crippen LogP contribution >= 0.6 is 24.2 Å². The number of nitrogens with zero attached hydrogens (tertiary/aromatic N) is 1. The van der Waals surface area contributed by atoms with Crippen LogP contribution in [0.5, 0.6) is 0 Å². The predicted molar refractivity (Wildman–Crippen MR) is 89.5 cm³/mol. The summed E-state index contributed by atoms with van der Waals surface area (Å²) in [5, 5.41) is 5.55. The van der Waals surface area contributed by atoms with Gasteiger partial charge >= 0.3 is 0 Å². The smallest absolute Gasteiger partial charge is 0.253 e. The molecule has 1 aliphatic heterocycles. The number of amides is 2. The summed E-state index contributed by atoms with van der Waals surface area (Å²) in [6.45, 7) is 1.83. The highest BCUT2D eigenvalue weighted by Crippen LogP contribution is 2.16. The van der Waals surface area contributed by atoms with Crippen molar-refractivity contribution in [2.75, 3.05) is 43.5 Å². The summed E-state index contributed by atoms with van der Waals surface area (Å²) in [5.41, 5.74) is 1.28. The third-order valence-electron chi connectivity index (χ3n) is 3.03. The summed E-state index contributed by atoms with van der Waals surface area (Å²) in [4.78, 5) is 25.7. The van der Waals surface area contributed by atoms with Gasteiger partial charge in [-0.3, -0.25) is 9.59 Å². The zero-order chi connectivity index (χ0) is 14.4. The first-order valence-corrected chi connectivity index (χ1v) is 7.77. The average molecular weight is 330 g/mol. The molecule has 7 heteroatoms. The topological polar surface area (TPSA) is 61.4 Å². The van der Waals surface area contributed by atoms with Crippen LogP contribution in [0.2, 0.25) is 0 Å².